The minimum atomic E-state index is -1.05. The molecule has 10 heteroatoms. The van der Waals surface area contributed by atoms with Crippen LogP contribution in [-0.4, -0.2) is 62.8 Å². The number of Topliss-reactive ketones (excluding diaryl/α,β-unsaturated/α-hetero) is 2. The standard InChI is InChI=1S/C55H57N3O7/c59-23-20-45-50(62)17-11-34-25-37(53(63)51(28-34)65-39-5-1-2-6-39)24-33-10-14-40-36(31-60)13-16-42(46(40)27-33)44-19-22-57-55(44)58-30-38-29-48-43(18-21-56-48)47(52(38)54(45)64)26-32-8-12-35-4-3-7-49(61)41(35)15-9-32/h3-4,7,9-10,13-16,18-19,21-22,25,27-29,32,36,39,42,45,47,52,57,59-61,63H,1-2,5-6,8,11-12,17,20,23-24,26,30-31H2/q-2. The molecule has 5 aliphatic rings. The van der Waals surface area contributed by atoms with E-state index < -0.39 is 11.8 Å². The Hall–Kier alpha value is -6.10. The van der Waals surface area contributed by atoms with Crippen LogP contribution in [0.3, 0.4) is 0 Å². The second-order valence-corrected chi connectivity index (χ2v) is 18.8. The molecule has 1 aliphatic heterocycles. The number of carbonyl (C=O) groups excluding carboxylic acids is 2. The van der Waals surface area contributed by atoms with E-state index in [1.807, 2.05) is 48.7 Å². The first-order valence-corrected chi connectivity index (χ1v) is 23.5. The second-order valence-electron chi connectivity index (χ2n) is 18.8. The van der Waals surface area contributed by atoms with Crippen LogP contribution in [-0.2, 0) is 28.9 Å². The van der Waals surface area contributed by atoms with Gasteiger partial charge in [0.2, 0.25) is 0 Å². The van der Waals surface area contributed by atoms with Crippen molar-refractivity contribution in [3.63, 3.8) is 0 Å². The molecule has 65 heavy (non-hydrogen) atoms. The SMILES string of the molecule is O=C1CCc2cc(c(O)c(OC3CCCC3)c2)Cc2ccc3c(c2)C(C=CC3CO)c2cc[nH]c2[N-]CC2=Cc3[n-]ccc3C(CC3C=Cc4c(O)cccc4CC3)C2C(=O)C1CCO. The summed E-state index contributed by atoms with van der Waals surface area (Å²) >= 11 is 0. The van der Waals surface area contributed by atoms with Gasteiger partial charge in [-0.3, -0.25) is 9.59 Å². The zero-order chi connectivity index (χ0) is 44.6. The molecule has 336 valence electrons. The van der Waals surface area contributed by atoms with Crippen molar-refractivity contribution < 1.29 is 34.8 Å². The third-order valence-electron chi connectivity index (χ3n) is 14.8. The molecular formula is C55H57N3O7-2. The highest BCUT2D eigenvalue weighted by molar-refractivity contribution is 6.05. The molecule has 0 radical (unpaired) electrons. The number of H-pyrrole nitrogens is 1. The van der Waals surface area contributed by atoms with E-state index in [2.05, 4.69) is 47.5 Å². The highest BCUT2D eigenvalue weighted by Crippen LogP contribution is 2.48. The van der Waals surface area contributed by atoms with Crippen molar-refractivity contribution >= 4 is 29.5 Å². The van der Waals surface area contributed by atoms with Gasteiger partial charge in [-0.05, 0) is 122 Å². The fourth-order valence-corrected chi connectivity index (χ4v) is 11.4. The molecule has 1 saturated carbocycles. The molecule has 3 heterocycles. The molecule has 0 saturated heterocycles. The van der Waals surface area contributed by atoms with E-state index in [9.17, 15) is 25.2 Å². The number of phenols is 2. The number of nitrogens with one attached hydrogen (secondary N) is 1. The van der Waals surface area contributed by atoms with Gasteiger partial charge in [-0.15, -0.1) is 5.69 Å². The van der Waals surface area contributed by atoms with Gasteiger partial charge < -0.3 is 40.4 Å². The number of aliphatic hydroxyl groups excluding tert-OH is 2. The van der Waals surface area contributed by atoms with Crippen LogP contribution < -0.4 is 9.72 Å². The number of hydrogen-bond donors (Lipinski definition) is 5. The van der Waals surface area contributed by atoms with Gasteiger partial charge in [-0.25, -0.2) is 0 Å². The number of aromatic hydroxyl groups is 2. The number of rotatable bonds is 7. The monoisotopic (exact) mass is 871 g/mol. The molecule has 0 spiro atoms. The van der Waals surface area contributed by atoms with Crippen molar-refractivity contribution in [2.24, 2.45) is 17.8 Å². The second kappa shape index (κ2) is 18.4. The third kappa shape index (κ3) is 8.50. The highest BCUT2D eigenvalue weighted by atomic mass is 16.5. The van der Waals surface area contributed by atoms with Crippen LogP contribution in [0, 0.1) is 17.8 Å². The van der Waals surface area contributed by atoms with Gasteiger partial charge in [0.25, 0.3) is 0 Å². The maximum absolute atomic E-state index is 15.5. The van der Waals surface area contributed by atoms with E-state index in [4.69, 9.17) is 15.0 Å². The first kappa shape index (κ1) is 42.8. The maximum Gasteiger partial charge on any atom is 0.161 e. The Kier molecular flexibility index (Phi) is 12.1. The molecule has 3 aromatic carbocycles. The number of aromatic amines is 1. The Labute approximate surface area is 380 Å². The number of allylic oxidation sites excluding steroid dienone is 2. The molecule has 0 amide bonds. The number of aromatic nitrogens is 2. The molecule has 6 atom stereocenters. The summed E-state index contributed by atoms with van der Waals surface area (Å²) in [7, 11) is 0. The average molecular weight is 872 g/mol. The number of ether oxygens (including phenoxy) is 1. The van der Waals surface area contributed by atoms with Gasteiger partial charge in [0, 0.05) is 48.3 Å². The summed E-state index contributed by atoms with van der Waals surface area (Å²) < 4.78 is 6.48. The van der Waals surface area contributed by atoms with E-state index in [-0.39, 0.29) is 85.4 Å². The van der Waals surface area contributed by atoms with Crippen LogP contribution in [0.15, 0.2) is 96.9 Å². The van der Waals surface area contributed by atoms with Crippen molar-refractivity contribution in [1.82, 2.24) is 9.97 Å². The zero-order valence-electron chi connectivity index (χ0n) is 36.7. The van der Waals surface area contributed by atoms with E-state index in [1.54, 1.807) is 12.3 Å². The molecular weight excluding hydrogens is 815 g/mol. The van der Waals surface area contributed by atoms with Crippen LogP contribution in [0.4, 0.5) is 5.82 Å². The fourth-order valence-electron chi connectivity index (χ4n) is 11.4. The minimum absolute atomic E-state index is 0.000821. The Morgan fingerprint density at radius 3 is 2.54 bits per heavy atom. The minimum Gasteiger partial charge on any atom is -0.664 e. The summed E-state index contributed by atoms with van der Waals surface area (Å²) in [6.45, 7) is -0.167. The van der Waals surface area contributed by atoms with Crippen molar-refractivity contribution in [3.8, 4) is 17.2 Å². The topological polar surface area (TPSA) is 168 Å². The maximum atomic E-state index is 15.5. The first-order chi connectivity index (χ1) is 31.8. The number of benzene rings is 3. The van der Waals surface area contributed by atoms with Crippen LogP contribution in [0.1, 0.15) is 125 Å². The Morgan fingerprint density at radius 2 is 1.69 bits per heavy atom. The van der Waals surface area contributed by atoms with Crippen LogP contribution in [0.5, 0.6) is 17.2 Å². The van der Waals surface area contributed by atoms with E-state index >= 15 is 4.79 Å². The van der Waals surface area contributed by atoms with Gasteiger partial charge >= 0.3 is 0 Å². The molecule has 10 rings (SSSR count). The predicted octanol–water partition coefficient (Wildman–Crippen LogP) is 9.62. The smallest absolute Gasteiger partial charge is 0.161 e. The summed E-state index contributed by atoms with van der Waals surface area (Å²) in [5.41, 5.74) is 9.98. The van der Waals surface area contributed by atoms with Gasteiger partial charge in [-0.2, -0.15) is 6.20 Å². The lowest BCUT2D eigenvalue weighted by atomic mass is 9.67. The van der Waals surface area contributed by atoms with Crippen molar-refractivity contribution in [1.29, 1.82) is 0 Å². The molecule has 2 aromatic heterocycles. The van der Waals surface area contributed by atoms with Gasteiger partial charge in [0.1, 0.15) is 11.5 Å². The summed E-state index contributed by atoms with van der Waals surface area (Å²) in [6, 6.07) is 19.8. The number of phenolic OH excluding ortho intramolecular Hbond substituents is 2. The Morgan fingerprint density at radius 1 is 0.815 bits per heavy atom. The summed E-state index contributed by atoms with van der Waals surface area (Å²) in [6.07, 6.45) is 21.0. The highest BCUT2D eigenvalue weighted by Gasteiger charge is 2.41. The van der Waals surface area contributed by atoms with Crippen LogP contribution in [0.2, 0.25) is 0 Å². The average Bonchev–Trinajstić information content (AvgIpc) is 4.09. The summed E-state index contributed by atoms with van der Waals surface area (Å²) in [4.78, 5) is 38.3. The van der Waals surface area contributed by atoms with Crippen molar-refractivity contribution in [3.05, 3.63) is 158 Å². The zero-order valence-corrected chi connectivity index (χ0v) is 36.7. The lowest BCUT2D eigenvalue weighted by molar-refractivity contribution is -0.135. The van der Waals surface area contributed by atoms with Gasteiger partial charge in [0.15, 0.2) is 17.3 Å². The molecule has 6 unspecified atom stereocenters. The number of carbonyl (C=O) groups is 2. The number of fused-ring (bicyclic) bond motifs is 8. The van der Waals surface area contributed by atoms with Gasteiger partial charge in [0.05, 0.1) is 18.6 Å². The lowest BCUT2D eigenvalue weighted by Gasteiger charge is -2.38. The quantitative estimate of drug-likeness (QED) is 0.0796. The lowest BCUT2D eigenvalue weighted by Crippen LogP contribution is -2.37. The summed E-state index contributed by atoms with van der Waals surface area (Å²) in [5, 5.41) is 48.7. The normalized spacial score (nSPS) is 24.3. The Balaban J connectivity index is 1.07. The number of aryl methyl sites for hydroxylation is 2. The van der Waals surface area contributed by atoms with E-state index in [0.29, 0.717) is 36.4 Å². The molecule has 4 bridgehead atoms. The molecule has 1 fully saturated rings. The molecule has 5 N–H and O–H groups in total. The van der Waals surface area contributed by atoms with Crippen molar-refractivity contribution in [2.45, 2.75) is 94.5 Å². The van der Waals surface area contributed by atoms with Crippen LogP contribution in [0.25, 0.3) is 17.5 Å². The van der Waals surface area contributed by atoms with E-state index in [0.717, 1.165) is 94.3 Å². The number of aliphatic hydroxyl groups is 2. The van der Waals surface area contributed by atoms with Gasteiger partial charge in [-0.1, -0.05) is 102 Å². The van der Waals surface area contributed by atoms with Crippen molar-refractivity contribution in [2.75, 3.05) is 19.8 Å². The first-order valence-electron chi connectivity index (χ1n) is 23.5. The number of nitrogens with zero attached hydrogens (tertiary/aromatic N) is 2. The molecule has 5 aromatic rings. The number of hydrogen-bond acceptors (Lipinski definition) is 7. The summed E-state index contributed by atoms with van der Waals surface area (Å²) in [5.74, 6) is -1.39. The fraction of sp³-hybridized carbons (Fsp3) is 0.382. The number of ketones is 2. The molecule has 10 nitrogen and oxygen atoms in total. The molecule has 4 aliphatic carbocycles. The van der Waals surface area contributed by atoms with Crippen LogP contribution >= 0.6 is 0 Å². The van der Waals surface area contributed by atoms with E-state index in [1.165, 1.54) is 0 Å². The Bertz CT molecular complexity index is 2680. The predicted molar refractivity (Wildman–Crippen MR) is 251 cm³/mol. The third-order valence-corrected chi connectivity index (χ3v) is 14.8. The largest absolute Gasteiger partial charge is 0.664 e.